The molecule has 0 saturated heterocycles. The van der Waals surface area contributed by atoms with Crippen molar-refractivity contribution in [3.8, 4) is 0 Å². The van der Waals surface area contributed by atoms with Gasteiger partial charge < -0.3 is 5.32 Å². The van der Waals surface area contributed by atoms with Crippen molar-refractivity contribution in [1.29, 1.82) is 0 Å². The van der Waals surface area contributed by atoms with Crippen molar-refractivity contribution in [3.05, 3.63) is 29.8 Å². The topological polar surface area (TPSA) is 61.4 Å². The van der Waals surface area contributed by atoms with Crippen molar-refractivity contribution in [1.82, 2.24) is 5.48 Å². The number of para-hydroxylation sites is 1. The number of anilines is 1. The molecule has 0 saturated carbocycles. The fourth-order valence-corrected chi connectivity index (χ4v) is 2.06. The van der Waals surface area contributed by atoms with Crippen LogP contribution in [-0.2, 0) is 4.79 Å². The van der Waals surface area contributed by atoms with Crippen molar-refractivity contribution in [2.45, 2.75) is 25.3 Å². The zero-order valence-electron chi connectivity index (χ0n) is 8.53. The molecule has 2 unspecified atom stereocenters. The lowest BCUT2D eigenvalue weighted by Crippen LogP contribution is -2.34. The highest BCUT2D eigenvalue weighted by Gasteiger charge is 2.28. The number of amides is 1. The van der Waals surface area contributed by atoms with E-state index in [1.165, 1.54) is 0 Å². The third-order valence-corrected chi connectivity index (χ3v) is 2.75. The molecule has 1 amide bonds. The first kappa shape index (κ1) is 9.98. The predicted molar refractivity (Wildman–Crippen MR) is 56.8 cm³/mol. The first-order valence-corrected chi connectivity index (χ1v) is 5.01. The molecule has 1 heterocycles. The second-order valence-corrected chi connectivity index (χ2v) is 3.90. The Labute approximate surface area is 88.3 Å². The van der Waals surface area contributed by atoms with Crippen molar-refractivity contribution in [2.24, 2.45) is 0 Å². The Bertz CT molecular complexity index is 379. The number of rotatable bonds is 1. The molecule has 15 heavy (non-hydrogen) atoms. The maximum absolute atomic E-state index is 11.5. The van der Waals surface area contributed by atoms with Crippen LogP contribution in [0.5, 0.6) is 0 Å². The van der Waals surface area contributed by atoms with E-state index in [1.54, 1.807) is 5.48 Å². The number of hydroxylamine groups is 1. The molecule has 2 rings (SSSR count). The fraction of sp³-hybridized carbons (Fsp3) is 0.364. The minimum absolute atomic E-state index is 0.238. The van der Waals surface area contributed by atoms with Crippen molar-refractivity contribution >= 4 is 11.6 Å². The van der Waals surface area contributed by atoms with E-state index in [9.17, 15) is 4.79 Å². The summed E-state index contributed by atoms with van der Waals surface area (Å²) in [6.07, 6.45) is 0.698. The van der Waals surface area contributed by atoms with Crippen LogP contribution in [0.2, 0.25) is 0 Å². The Hall–Kier alpha value is -1.55. The number of carbonyl (C=O) groups is 1. The quantitative estimate of drug-likeness (QED) is 0.482. The van der Waals surface area contributed by atoms with Crippen molar-refractivity contribution in [2.75, 3.05) is 5.32 Å². The lowest BCUT2D eigenvalue weighted by molar-refractivity contribution is -0.131. The minimum Gasteiger partial charge on any atom is -0.382 e. The van der Waals surface area contributed by atoms with Crippen LogP contribution in [0, 0.1) is 0 Å². The summed E-state index contributed by atoms with van der Waals surface area (Å²) in [7, 11) is 0. The largest absolute Gasteiger partial charge is 0.382 e. The monoisotopic (exact) mass is 206 g/mol. The number of hydrogen-bond acceptors (Lipinski definition) is 3. The molecule has 1 aromatic rings. The second kappa shape index (κ2) is 3.90. The summed E-state index contributed by atoms with van der Waals surface area (Å²) >= 11 is 0. The van der Waals surface area contributed by atoms with Gasteiger partial charge in [-0.25, -0.2) is 5.48 Å². The van der Waals surface area contributed by atoms with Crippen molar-refractivity contribution < 1.29 is 10.0 Å². The molecule has 2 atom stereocenters. The molecule has 0 aromatic heterocycles. The van der Waals surface area contributed by atoms with Crippen LogP contribution < -0.4 is 10.8 Å². The average Bonchev–Trinajstić information content (AvgIpc) is 2.26. The van der Waals surface area contributed by atoms with E-state index >= 15 is 0 Å². The molecule has 0 bridgehead atoms. The van der Waals surface area contributed by atoms with Gasteiger partial charge in [0.1, 0.15) is 0 Å². The van der Waals surface area contributed by atoms with Crippen molar-refractivity contribution in [3.63, 3.8) is 0 Å². The number of benzene rings is 1. The van der Waals surface area contributed by atoms with E-state index in [2.05, 4.69) is 5.32 Å². The predicted octanol–water partition coefficient (Wildman–Crippen LogP) is 1.48. The van der Waals surface area contributed by atoms with Gasteiger partial charge in [0.05, 0.1) is 5.92 Å². The summed E-state index contributed by atoms with van der Waals surface area (Å²) in [4.78, 5) is 11.5. The van der Waals surface area contributed by atoms with Gasteiger partial charge in [-0.3, -0.25) is 10.0 Å². The highest BCUT2D eigenvalue weighted by atomic mass is 16.5. The molecule has 1 aliphatic rings. The fourth-order valence-electron chi connectivity index (χ4n) is 2.06. The molecule has 0 radical (unpaired) electrons. The Kier molecular flexibility index (Phi) is 2.60. The Morgan fingerprint density at radius 3 is 3.00 bits per heavy atom. The maximum Gasteiger partial charge on any atom is 0.251 e. The van der Waals surface area contributed by atoms with Crippen LogP contribution in [0.1, 0.15) is 24.8 Å². The lowest BCUT2D eigenvalue weighted by Gasteiger charge is -2.29. The van der Waals surface area contributed by atoms with Gasteiger partial charge in [-0.15, -0.1) is 0 Å². The Balaban J connectivity index is 2.38. The summed E-state index contributed by atoms with van der Waals surface area (Å²) in [5.74, 6) is -0.599. The molecule has 4 heteroatoms. The minimum atomic E-state index is -0.337. The summed E-state index contributed by atoms with van der Waals surface area (Å²) < 4.78 is 0. The molecule has 4 nitrogen and oxygen atoms in total. The SMILES string of the molecule is CC1CC(C(=O)NO)c2ccccc2N1. The van der Waals surface area contributed by atoms with Gasteiger partial charge in [-0.05, 0) is 25.0 Å². The third-order valence-electron chi connectivity index (χ3n) is 2.75. The smallest absolute Gasteiger partial charge is 0.251 e. The number of fused-ring (bicyclic) bond motifs is 1. The van der Waals surface area contributed by atoms with Gasteiger partial charge in [-0.1, -0.05) is 18.2 Å². The Morgan fingerprint density at radius 1 is 1.53 bits per heavy atom. The maximum atomic E-state index is 11.5. The molecular formula is C11H14N2O2. The van der Waals surface area contributed by atoms with Crippen LogP contribution in [0.4, 0.5) is 5.69 Å². The molecule has 0 spiro atoms. The third kappa shape index (κ3) is 1.80. The van der Waals surface area contributed by atoms with Crippen LogP contribution >= 0.6 is 0 Å². The van der Waals surface area contributed by atoms with Crippen LogP contribution in [-0.4, -0.2) is 17.2 Å². The van der Waals surface area contributed by atoms with Gasteiger partial charge in [0.2, 0.25) is 0 Å². The van der Waals surface area contributed by atoms with E-state index in [0.717, 1.165) is 11.3 Å². The summed E-state index contributed by atoms with van der Waals surface area (Å²) in [5.41, 5.74) is 3.65. The highest BCUT2D eigenvalue weighted by Crippen LogP contribution is 2.33. The molecule has 0 fully saturated rings. The molecule has 1 aromatic carbocycles. The second-order valence-electron chi connectivity index (χ2n) is 3.90. The van der Waals surface area contributed by atoms with Crippen LogP contribution in [0.15, 0.2) is 24.3 Å². The van der Waals surface area contributed by atoms with Gasteiger partial charge in [0.15, 0.2) is 0 Å². The number of carbonyl (C=O) groups excluding carboxylic acids is 1. The van der Waals surface area contributed by atoms with Gasteiger partial charge in [0, 0.05) is 11.7 Å². The van der Waals surface area contributed by atoms with E-state index in [-0.39, 0.29) is 17.9 Å². The first-order valence-electron chi connectivity index (χ1n) is 5.01. The zero-order valence-corrected chi connectivity index (χ0v) is 8.53. The number of hydrogen-bond donors (Lipinski definition) is 3. The average molecular weight is 206 g/mol. The number of nitrogens with one attached hydrogen (secondary N) is 2. The summed E-state index contributed by atoms with van der Waals surface area (Å²) in [6.45, 7) is 2.02. The standard InChI is InChI=1S/C11H14N2O2/c1-7-6-9(11(14)13-15)8-4-2-3-5-10(8)12-7/h2-5,7,9,12,15H,6H2,1H3,(H,13,14). The summed E-state index contributed by atoms with van der Waals surface area (Å²) in [6, 6.07) is 7.92. The molecule has 1 aliphatic heterocycles. The molecule has 0 aliphatic carbocycles. The summed E-state index contributed by atoms with van der Waals surface area (Å²) in [5, 5.41) is 12.0. The van der Waals surface area contributed by atoms with Crippen LogP contribution in [0.25, 0.3) is 0 Å². The molecular weight excluding hydrogens is 192 g/mol. The van der Waals surface area contributed by atoms with Gasteiger partial charge in [0.25, 0.3) is 5.91 Å². The highest BCUT2D eigenvalue weighted by molar-refractivity contribution is 5.85. The van der Waals surface area contributed by atoms with E-state index in [4.69, 9.17) is 5.21 Å². The van der Waals surface area contributed by atoms with Gasteiger partial charge in [-0.2, -0.15) is 0 Å². The normalized spacial score (nSPS) is 23.9. The Morgan fingerprint density at radius 2 is 2.27 bits per heavy atom. The molecule has 3 N–H and O–H groups in total. The van der Waals surface area contributed by atoms with Gasteiger partial charge >= 0.3 is 0 Å². The van der Waals surface area contributed by atoms with E-state index < -0.39 is 0 Å². The van der Waals surface area contributed by atoms with E-state index in [1.807, 2.05) is 31.2 Å². The van der Waals surface area contributed by atoms with E-state index in [0.29, 0.717) is 6.42 Å². The lowest BCUT2D eigenvalue weighted by atomic mass is 9.87. The van der Waals surface area contributed by atoms with Crippen LogP contribution in [0.3, 0.4) is 0 Å². The zero-order chi connectivity index (χ0) is 10.8. The molecule has 80 valence electrons. The first-order chi connectivity index (χ1) is 7.22.